The van der Waals surface area contributed by atoms with Crippen LogP contribution < -0.4 is 11.1 Å². The second kappa shape index (κ2) is 8.48. The van der Waals surface area contributed by atoms with Crippen LogP contribution in [0.2, 0.25) is 0 Å². The number of carboxylic acids is 1. The number of nitrogens with two attached hydrogens (primary N) is 1. The number of amides is 2. The molecule has 1 saturated heterocycles. The first-order chi connectivity index (χ1) is 12.8. The molecule has 4 N–H and O–H groups in total. The van der Waals surface area contributed by atoms with Crippen molar-refractivity contribution < 1.29 is 24.3 Å². The van der Waals surface area contributed by atoms with Crippen molar-refractivity contribution in [3.8, 4) is 0 Å². The van der Waals surface area contributed by atoms with Gasteiger partial charge in [-0.1, -0.05) is 11.2 Å². The van der Waals surface area contributed by atoms with E-state index in [-0.39, 0.29) is 35.3 Å². The minimum atomic E-state index is -1.17. The minimum absolute atomic E-state index is 0. The molecule has 1 fully saturated rings. The zero-order valence-electron chi connectivity index (χ0n) is 14.9. The number of aliphatic carboxylic acids is 1. The Balaban J connectivity index is 0.00000280. The molecule has 28 heavy (non-hydrogen) atoms. The molecule has 10 nitrogen and oxygen atoms in total. The summed E-state index contributed by atoms with van der Waals surface area (Å²) in [6.07, 6.45) is 0. The fourth-order valence-corrected chi connectivity index (χ4v) is 4.16. The summed E-state index contributed by atoms with van der Waals surface area (Å²) in [5.74, 6) is -1.67. The Hall–Kier alpha value is -2.79. The number of rotatable bonds is 5. The van der Waals surface area contributed by atoms with Gasteiger partial charge in [-0.3, -0.25) is 14.5 Å². The van der Waals surface area contributed by atoms with Gasteiger partial charge in [-0.15, -0.1) is 24.2 Å². The number of pyridine rings is 1. The zero-order valence-corrected chi connectivity index (χ0v) is 16.5. The highest BCUT2D eigenvalue weighted by Gasteiger charge is 2.54. The van der Waals surface area contributed by atoms with E-state index in [1.807, 2.05) is 0 Å². The van der Waals surface area contributed by atoms with E-state index in [9.17, 15) is 19.5 Å². The number of nitrogen functional groups attached to an aromatic ring is 1. The normalized spacial score (nSPS) is 21.3. The maximum atomic E-state index is 12.6. The van der Waals surface area contributed by atoms with Crippen LogP contribution in [0.1, 0.15) is 12.6 Å². The van der Waals surface area contributed by atoms with Gasteiger partial charge in [-0.25, -0.2) is 9.78 Å². The highest BCUT2D eigenvalue weighted by atomic mass is 35.5. The van der Waals surface area contributed by atoms with Crippen LogP contribution in [0.3, 0.4) is 0 Å². The number of oxime groups is 1. The Morgan fingerprint density at radius 2 is 2.18 bits per heavy atom. The maximum absolute atomic E-state index is 12.6. The smallest absolute Gasteiger partial charge is 0.352 e. The molecule has 0 spiro atoms. The number of halogens is 1. The summed E-state index contributed by atoms with van der Waals surface area (Å²) in [5.41, 5.74) is 6.26. The molecule has 12 heteroatoms. The topological polar surface area (TPSA) is 147 Å². The number of hydrogen-bond donors (Lipinski definition) is 3. The summed E-state index contributed by atoms with van der Waals surface area (Å²) in [6.45, 7) is 1.67. The third-order valence-electron chi connectivity index (χ3n) is 4.06. The first-order valence-corrected chi connectivity index (χ1v) is 8.92. The Morgan fingerprint density at radius 1 is 1.46 bits per heavy atom. The number of carbonyl (C=O) groups excluding carboxylic acids is 2. The molecule has 1 unspecified atom stereocenters. The first kappa shape index (κ1) is 21.5. The van der Waals surface area contributed by atoms with Gasteiger partial charge in [0.25, 0.3) is 11.8 Å². The van der Waals surface area contributed by atoms with Crippen molar-refractivity contribution in [2.75, 3.05) is 18.6 Å². The van der Waals surface area contributed by atoms with Crippen molar-refractivity contribution in [3.63, 3.8) is 0 Å². The molecule has 2 atom stereocenters. The molecule has 0 radical (unpaired) electrons. The predicted octanol–water partition coefficient (Wildman–Crippen LogP) is 0.195. The van der Waals surface area contributed by atoms with Crippen molar-refractivity contribution in [2.24, 2.45) is 5.16 Å². The molecular formula is C16H18ClN5O5S. The van der Waals surface area contributed by atoms with Crippen LogP contribution >= 0.6 is 24.2 Å². The van der Waals surface area contributed by atoms with Crippen LogP contribution in [0.4, 0.5) is 5.82 Å². The number of nitrogens with zero attached hydrogens (tertiary/aromatic N) is 3. The average Bonchev–Trinajstić information content (AvgIpc) is 2.63. The quantitative estimate of drug-likeness (QED) is 0.343. The number of thioether (sulfide) groups is 1. The van der Waals surface area contributed by atoms with Crippen LogP contribution in [0.5, 0.6) is 0 Å². The SMILES string of the molecule is CON=C(C(=O)NC1C(=O)N2C(C(=O)O)=C(C)CS[C@@H]12)c1cccc(N)n1.Cl. The van der Waals surface area contributed by atoms with E-state index < -0.39 is 29.2 Å². The summed E-state index contributed by atoms with van der Waals surface area (Å²) in [7, 11) is 1.28. The van der Waals surface area contributed by atoms with E-state index in [0.29, 0.717) is 11.3 Å². The number of aromatic nitrogens is 1. The van der Waals surface area contributed by atoms with E-state index in [1.165, 1.54) is 29.8 Å². The second-order valence-corrected chi connectivity index (χ2v) is 6.97. The Labute approximate surface area is 170 Å². The number of hydrogen-bond acceptors (Lipinski definition) is 8. The molecule has 1 aromatic rings. The Kier molecular flexibility index (Phi) is 6.52. The molecule has 0 aromatic carbocycles. The number of β-lactam (4-membered cyclic amide) rings is 1. The first-order valence-electron chi connectivity index (χ1n) is 7.87. The van der Waals surface area contributed by atoms with Gasteiger partial charge in [0.2, 0.25) is 0 Å². The maximum Gasteiger partial charge on any atom is 0.352 e. The minimum Gasteiger partial charge on any atom is -0.477 e. The van der Waals surface area contributed by atoms with Crippen LogP contribution in [0.25, 0.3) is 0 Å². The standard InChI is InChI=1S/C16H17N5O5S.ClH/c1-7-6-27-15-11(14(23)21(15)12(7)16(24)25)19-13(22)10(20-26-2)8-4-3-5-9(17)18-8;/h3-5,11,15H,6H2,1-2H3,(H2,17,18)(H,19,22)(H,24,25);1H/t11?,15-;/m0./s1. The third kappa shape index (κ3) is 3.76. The van der Waals surface area contributed by atoms with E-state index >= 15 is 0 Å². The molecule has 0 saturated carbocycles. The van der Waals surface area contributed by atoms with E-state index in [1.54, 1.807) is 19.1 Å². The molecule has 150 valence electrons. The summed E-state index contributed by atoms with van der Waals surface area (Å²) < 4.78 is 0. The lowest BCUT2D eigenvalue weighted by Crippen LogP contribution is -2.71. The van der Waals surface area contributed by atoms with Crippen LogP contribution in [-0.2, 0) is 19.2 Å². The summed E-state index contributed by atoms with van der Waals surface area (Å²) in [6, 6.07) is 3.83. The van der Waals surface area contributed by atoms with Crippen molar-refractivity contribution >= 4 is 53.5 Å². The number of fused-ring (bicyclic) bond motifs is 1. The number of anilines is 1. The Bertz CT molecular complexity index is 890. The number of carboxylic acid groups (broad SMARTS) is 1. The van der Waals surface area contributed by atoms with Gasteiger partial charge < -0.3 is 21.0 Å². The molecule has 1 aromatic heterocycles. The van der Waals surface area contributed by atoms with Gasteiger partial charge in [0.1, 0.15) is 35.7 Å². The van der Waals surface area contributed by atoms with Crippen LogP contribution in [0, 0.1) is 0 Å². The summed E-state index contributed by atoms with van der Waals surface area (Å²) >= 11 is 1.38. The average molecular weight is 428 g/mol. The van der Waals surface area contributed by atoms with Gasteiger partial charge in [0.05, 0.1) is 0 Å². The summed E-state index contributed by atoms with van der Waals surface area (Å²) in [4.78, 5) is 46.5. The third-order valence-corrected chi connectivity index (χ3v) is 5.48. The highest BCUT2D eigenvalue weighted by molar-refractivity contribution is 8.00. The van der Waals surface area contributed by atoms with Gasteiger partial charge in [-0.05, 0) is 24.6 Å². The van der Waals surface area contributed by atoms with Crippen molar-refractivity contribution in [2.45, 2.75) is 18.3 Å². The zero-order chi connectivity index (χ0) is 19.7. The van der Waals surface area contributed by atoms with Gasteiger partial charge in [-0.2, -0.15) is 0 Å². The molecule has 0 aliphatic carbocycles. The van der Waals surface area contributed by atoms with Crippen molar-refractivity contribution in [1.29, 1.82) is 0 Å². The lowest BCUT2D eigenvalue weighted by molar-refractivity contribution is -0.150. The lowest BCUT2D eigenvalue weighted by atomic mass is 10.0. The molecular weight excluding hydrogens is 410 g/mol. The molecule has 2 aliphatic rings. The number of nitrogens with one attached hydrogen (secondary N) is 1. The van der Waals surface area contributed by atoms with Crippen molar-refractivity contribution in [1.82, 2.24) is 15.2 Å². The van der Waals surface area contributed by atoms with Gasteiger partial charge in [0.15, 0.2) is 5.71 Å². The van der Waals surface area contributed by atoms with Gasteiger partial charge >= 0.3 is 5.97 Å². The molecule has 3 heterocycles. The second-order valence-electron chi connectivity index (χ2n) is 5.87. The highest BCUT2D eigenvalue weighted by Crippen LogP contribution is 2.40. The largest absolute Gasteiger partial charge is 0.477 e. The van der Waals surface area contributed by atoms with Crippen LogP contribution in [-0.4, -0.2) is 62.8 Å². The van der Waals surface area contributed by atoms with Crippen molar-refractivity contribution in [3.05, 3.63) is 35.2 Å². The molecule has 2 aliphatic heterocycles. The lowest BCUT2D eigenvalue weighted by Gasteiger charge is -2.49. The monoisotopic (exact) mass is 427 g/mol. The van der Waals surface area contributed by atoms with Gasteiger partial charge in [0, 0.05) is 5.75 Å². The predicted molar refractivity (Wildman–Crippen MR) is 105 cm³/mol. The van der Waals surface area contributed by atoms with E-state index in [4.69, 9.17) is 10.6 Å². The molecule has 0 bridgehead atoms. The molecule has 2 amide bonds. The fraction of sp³-hybridized carbons (Fsp3) is 0.312. The summed E-state index contributed by atoms with van der Waals surface area (Å²) in [5, 5.41) is 15.1. The Morgan fingerprint density at radius 3 is 2.79 bits per heavy atom. The van der Waals surface area contributed by atoms with Crippen LogP contribution in [0.15, 0.2) is 34.6 Å². The molecule has 3 rings (SSSR count). The number of carbonyl (C=O) groups is 3. The fourth-order valence-electron chi connectivity index (χ4n) is 2.86. The van der Waals surface area contributed by atoms with E-state index in [0.717, 1.165) is 0 Å². The van der Waals surface area contributed by atoms with E-state index in [2.05, 4.69) is 15.5 Å².